The van der Waals surface area contributed by atoms with Crippen LogP contribution in [0, 0.1) is 18.8 Å². The van der Waals surface area contributed by atoms with Crippen molar-refractivity contribution in [3.05, 3.63) is 34.3 Å². The fraction of sp³-hybridized carbons (Fsp3) is 0.625. The Morgan fingerprint density at radius 1 is 1.32 bits per heavy atom. The van der Waals surface area contributed by atoms with Crippen LogP contribution in [0.1, 0.15) is 30.4 Å². The van der Waals surface area contributed by atoms with E-state index in [2.05, 4.69) is 24.0 Å². The van der Waals surface area contributed by atoms with Gasteiger partial charge in [-0.2, -0.15) is 0 Å². The Morgan fingerprint density at radius 2 is 2.16 bits per heavy atom. The minimum absolute atomic E-state index is 0.426. The van der Waals surface area contributed by atoms with Crippen LogP contribution in [0.3, 0.4) is 0 Å². The quantitative estimate of drug-likeness (QED) is 0.900. The highest BCUT2D eigenvalue weighted by Crippen LogP contribution is 2.36. The first-order chi connectivity index (χ1) is 9.13. The average molecular weight is 279 g/mol. The van der Waals surface area contributed by atoms with Crippen LogP contribution in [0.5, 0.6) is 0 Å². The van der Waals surface area contributed by atoms with E-state index in [4.69, 9.17) is 17.3 Å². The number of halogens is 1. The standard InChI is InChI=1S/C16H23ClN2/c1-11-7-14(17)6-5-12(11)8-19-9-13-3-2-4-16(18)15(13)10-19/h5-7,13,15-16H,2-4,8-10,18H2,1H3. The third-order valence-electron chi connectivity index (χ3n) is 4.93. The number of aryl methyl sites for hydroxylation is 1. The SMILES string of the molecule is Cc1cc(Cl)ccc1CN1CC2CCCC(N)C2C1. The Balaban J connectivity index is 1.68. The van der Waals surface area contributed by atoms with Crippen molar-refractivity contribution in [3.8, 4) is 0 Å². The van der Waals surface area contributed by atoms with Crippen molar-refractivity contribution in [2.24, 2.45) is 17.6 Å². The van der Waals surface area contributed by atoms with Crippen molar-refractivity contribution in [2.45, 2.75) is 38.8 Å². The molecule has 104 valence electrons. The summed E-state index contributed by atoms with van der Waals surface area (Å²) in [5.74, 6) is 1.55. The summed E-state index contributed by atoms with van der Waals surface area (Å²) >= 11 is 6.02. The predicted molar refractivity (Wildman–Crippen MR) is 80.3 cm³/mol. The molecule has 1 aromatic carbocycles. The molecule has 2 N–H and O–H groups in total. The molecule has 2 aliphatic rings. The molecule has 0 amide bonds. The highest BCUT2D eigenvalue weighted by Gasteiger charge is 2.38. The Kier molecular flexibility index (Phi) is 3.84. The molecule has 0 bridgehead atoms. The van der Waals surface area contributed by atoms with Gasteiger partial charge in [-0.05, 0) is 54.9 Å². The molecule has 0 spiro atoms. The van der Waals surface area contributed by atoms with E-state index >= 15 is 0 Å². The average Bonchev–Trinajstić information content (AvgIpc) is 2.77. The van der Waals surface area contributed by atoms with Gasteiger partial charge in [0, 0.05) is 30.7 Å². The number of nitrogens with two attached hydrogens (primary N) is 1. The monoisotopic (exact) mass is 278 g/mol. The molecule has 2 fully saturated rings. The maximum Gasteiger partial charge on any atom is 0.0408 e. The van der Waals surface area contributed by atoms with Gasteiger partial charge >= 0.3 is 0 Å². The van der Waals surface area contributed by atoms with Gasteiger partial charge < -0.3 is 5.73 Å². The van der Waals surface area contributed by atoms with Crippen molar-refractivity contribution in [2.75, 3.05) is 13.1 Å². The third kappa shape index (κ3) is 2.81. The van der Waals surface area contributed by atoms with Gasteiger partial charge in [-0.1, -0.05) is 24.1 Å². The molecule has 19 heavy (non-hydrogen) atoms. The lowest BCUT2D eigenvalue weighted by molar-refractivity contribution is 0.259. The van der Waals surface area contributed by atoms with Gasteiger partial charge in [0.15, 0.2) is 0 Å². The molecule has 1 saturated carbocycles. The number of nitrogens with zero attached hydrogens (tertiary/aromatic N) is 1. The Labute approximate surface area is 120 Å². The van der Waals surface area contributed by atoms with Crippen molar-refractivity contribution >= 4 is 11.6 Å². The summed E-state index contributed by atoms with van der Waals surface area (Å²) in [6, 6.07) is 6.65. The van der Waals surface area contributed by atoms with E-state index in [1.165, 1.54) is 43.5 Å². The molecule has 1 heterocycles. The van der Waals surface area contributed by atoms with E-state index in [1.807, 2.05) is 6.07 Å². The largest absolute Gasteiger partial charge is 0.327 e. The van der Waals surface area contributed by atoms with E-state index in [-0.39, 0.29) is 0 Å². The number of hydrogen-bond donors (Lipinski definition) is 1. The van der Waals surface area contributed by atoms with Crippen LogP contribution in [0.25, 0.3) is 0 Å². The lowest BCUT2D eigenvalue weighted by Gasteiger charge is -2.29. The molecule has 3 unspecified atom stereocenters. The number of benzene rings is 1. The fourth-order valence-electron chi connectivity index (χ4n) is 3.82. The van der Waals surface area contributed by atoms with Crippen LogP contribution in [0.15, 0.2) is 18.2 Å². The number of likely N-dealkylation sites (tertiary alicyclic amines) is 1. The molecule has 3 atom stereocenters. The zero-order valence-electron chi connectivity index (χ0n) is 11.6. The highest BCUT2D eigenvalue weighted by molar-refractivity contribution is 6.30. The number of rotatable bonds is 2. The van der Waals surface area contributed by atoms with Gasteiger partial charge in [0.2, 0.25) is 0 Å². The third-order valence-corrected chi connectivity index (χ3v) is 5.16. The fourth-order valence-corrected chi connectivity index (χ4v) is 4.04. The lowest BCUT2D eigenvalue weighted by atomic mass is 9.78. The molecular formula is C16H23ClN2. The smallest absolute Gasteiger partial charge is 0.0408 e. The van der Waals surface area contributed by atoms with Gasteiger partial charge in [0.05, 0.1) is 0 Å². The minimum Gasteiger partial charge on any atom is -0.327 e. The lowest BCUT2D eigenvalue weighted by Crippen LogP contribution is -2.38. The molecule has 1 aliphatic carbocycles. The second-order valence-electron chi connectivity index (χ2n) is 6.28. The van der Waals surface area contributed by atoms with Gasteiger partial charge in [-0.15, -0.1) is 0 Å². The first-order valence-electron chi connectivity index (χ1n) is 7.36. The summed E-state index contributed by atoms with van der Waals surface area (Å²) in [6.45, 7) is 5.59. The normalized spacial score (nSPS) is 31.4. The number of fused-ring (bicyclic) bond motifs is 1. The van der Waals surface area contributed by atoms with Crippen molar-refractivity contribution in [1.82, 2.24) is 4.90 Å². The summed E-state index contributed by atoms with van der Waals surface area (Å²) in [6.07, 6.45) is 3.90. The first kappa shape index (κ1) is 13.4. The van der Waals surface area contributed by atoms with Crippen molar-refractivity contribution in [3.63, 3.8) is 0 Å². The zero-order valence-corrected chi connectivity index (χ0v) is 12.4. The van der Waals surface area contributed by atoms with Crippen LogP contribution < -0.4 is 5.73 Å². The summed E-state index contributed by atoms with van der Waals surface area (Å²) in [5.41, 5.74) is 8.98. The second kappa shape index (κ2) is 5.43. The van der Waals surface area contributed by atoms with E-state index in [9.17, 15) is 0 Å². The maximum absolute atomic E-state index is 6.28. The molecule has 0 radical (unpaired) electrons. The van der Waals surface area contributed by atoms with E-state index in [0.29, 0.717) is 6.04 Å². The minimum atomic E-state index is 0.426. The Hall–Kier alpha value is -0.570. The van der Waals surface area contributed by atoms with E-state index in [0.717, 1.165) is 23.4 Å². The summed E-state index contributed by atoms with van der Waals surface area (Å²) in [4.78, 5) is 2.58. The van der Waals surface area contributed by atoms with Gasteiger partial charge in [-0.25, -0.2) is 0 Å². The summed E-state index contributed by atoms with van der Waals surface area (Å²) in [7, 11) is 0. The van der Waals surface area contributed by atoms with Gasteiger partial charge in [-0.3, -0.25) is 4.90 Å². The van der Waals surface area contributed by atoms with Crippen LogP contribution in [-0.2, 0) is 6.54 Å². The topological polar surface area (TPSA) is 29.3 Å². The highest BCUT2D eigenvalue weighted by atomic mass is 35.5. The number of hydrogen-bond acceptors (Lipinski definition) is 2. The molecule has 1 saturated heterocycles. The van der Waals surface area contributed by atoms with Crippen LogP contribution in [0.2, 0.25) is 5.02 Å². The second-order valence-corrected chi connectivity index (χ2v) is 6.72. The maximum atomic E-state index is 6.28. The van der Waals surface area contributed by atoms with Gasteiger partial charge in [0.1, 0.15) is 0 Å². The summed E-state index contributed by atoms with van der Waals surface area (Å²) in [5, 5.41) is 0.832. The molecule has 3 rings (SSSR count). The van der Waals surface area contributed by atoms with Crippen molar-refractivity contribution in [1.29, 1.82) is 0 Å². The predicted octanol–water partition coefficient (Wildman–Crippen LogP) is 3.21. The Bertz CT molecular complexity index is 460. The van der Waals surface area contributed by atoms with Gasteiger partial charge in [0.25, 0.3) is 0 Å². The molecular weight excluding hydrogens is 256 g/mol. The van der Waals surface area contributed by atoms with Crippen LogP contribution in [0.4, 0.5) is 0 Å². The van der Waals surface area contributed by atoms with E-state index < -0.39 is 0 Å². The Morgan fingerprint density at radius 3 is 2.89 bits per heavy atom. The van der Waals surface area contributed by atoms with Crippen molar-refractivity contribution < 1.29 is 0 Å². The van der Waals surface area contributed by atoms with E-state index in [1.54, 1.807) is 0 Å². The zero-order chi connectivity index (χ0) is 13.4. The first-order valence-corrected chi connectivity index (χ1v) is 7.74. The molecule has 1 aromatic rings. The molecule has 2 nitrogen and oxygen atoms in total. The van der Waals surface area contributed by atoms with Crippen LogP contribution in [-0.4, -0.2) is 24.0 Å². The molecule has 0 aromatic heterocycles. The molecule has 3 heteroatoms. The molecule has 1 aliphatic heterocycles. The summed E-state index contributed by atoms with van der Waals surface area (Å²) < 4.78 is 0. The van der Waals surface area contributed by atoms with Crippen LogP contribution >= 0.6 is 11.6 Å².